The van der Waals surface area contributed by atoms with Gasteiger partial charge in [0.25, 0.3) is 0 Å². The largest absolute Gasteiger partial charge is 0.0859 e. The van der Waals surface area contributed by atoms with Gasteiger partial charge in [0, 0.05) is 0 Å². The zero-order chi connectivity index (χ0) is 15.2. The average molecular weight is 272 g/mol. The Morgan fingerprint density at radius 3 is 2.15 bits per heavy atom. The summed E-state index contributed by atoms with van der Waals surface area (Å²) >= 11 is 0. The van der Waals surface area contributed by atoms with E-state index in [2.05, 4.69) is 71.9 Å². The van der Waals surface area contributed by atoms with Gasteiger partial charge in [0.05, 0.1) is 0 Å². The van der Waals surface area contributed by atoms with Crippen molar-refractivity contribution in [3.05, 3.63) is 47.0 Å². The van der Waals surface area contributed by atoms with Crippen molar-refractivity contribution in [1.82, 2.24) is 0 Å². The molecule has 20 heavy (non-hydrogen) atoms. The maximum atomic E-state index is 2.38. The van der Waals surface area contributed by atoms with Crippen LogP contribution in [-0.4, -0.2) is 0 Å². The minimum Gasteiger partial charge on any atom is -0.0859 e. The van der Waals surface area contributed by atoms with Crippen LogP contribution < -0.4 is 0 Å². The predicted octanol–water partition coefficient (Wildman–Crippen LogP) is 6.30. The van der Waals surface area contributed by atoms with Gasteiger partial charge in [-0.3, -0.25) is 0 Å². The van der Waals surface area contributed by atoms with Gasteiger partial charge in [0.1, 0.15) is 0 Å². The molecule has 0 N–H and O–H groups in total. The molecule has 0 heteroatoms. The molecule has 0 heterocycles. The number of rotatable bonds is 6. The lowest BCUT2D eigenvalue weighted by Gasteiger charge is -2.19. The molecule has 0 fully saturated rings. The number of benzene rings is 1. The number of hydrogen-bond acceptors (Lipinski definition) is 0. The molecule has 0 aliphatic rings. The molecule has 0 spiro atoms. The van der Waals surface area contributed by atoms with E-state index in [9.17, 15) is 0 Å². The van der Waals surface area contributed by atoms with Crippen molar-refractivity contribution >= 4 is 0 Å². The van der Waals surface area contributed by atoms with Crippen LogP contribution in [-0.2, 0) is 11.8 Å². The average Bonchev–Trinajstić information content (AvgIpc) is 2.35. The Morgan fingerprint density at radius 1 is 1.05 bits per heavy atom. The maximum absolute atomic E-state index is 2.38. The second-order valence-electron chi connectivity index (χ2n) is 7.45. The van der Waals surface area contributed by atoms with Crippen LogP contribution >= 0.6 is 0 Å². The van der Waals surface area contributed by atoms with Crippen LogP contribution in [0.25, 0.3) is 0 Å². The normalized spacial score (nSPS) is 13.1. The molecule has 0 aliphatic heterocycles. The van der Waals surface area contributed by atoms with Gasteiger partial charge in [0.2, 0.25) is 0 Å². The van der Waals surface area contributed by atoms with Crippen molar-refractivity contribution in [2.24, 2.45) is 5.92 Å². The molecule has 0 aromatic heterocycles. The Kier molecular flexibility index (Phi) is 6.52. The summed E-state index contributed by atoms with van der Waals surface area (Å²) in [5.74, 6) is 0.813. The SMILES string of the molecule is CC(C)=CCCC(C)CCc1ccc(C(C)(C)C)cc1. The predicted molar refractivity (Wildman–Crippen MR) is 91.3 cm³/mol. The summed E-state index contributed by atoms with van der Waals surface area (Å²) in [4.78, 5) is 0. The summed E-state index contributed by atoms with van der Waals surface area (Å²) in [6.07, 6.45) is 7.40. The summed E-state index contributed by atoms with van der Waals surface area (Å²) in [7, 11) is 0. The van der Waals surface area contributed by atoms with Gasteiger partial charge >= 0.3 is 0 Å². The Hall–Kier alpha value is -1.04. The van der Waals surface area contributed by atoms with Crippen LogP contribution in [0.3, 0.4) is 0 Å². The third kappa shape index (κ3) is 6.41. The highest BCUT2D eigenvalue weighted by molar-refractivity contribution is 5.27. The van der Waals surface area contributed by atoms with Crippen LogP contribution in [0, 0.1) is 5.92 Å². The molecule has 0 radical (unpaired) electrons. The monoisotopic (exact) mass is 272 g/mol. The molecule has 112 valence electrons. The topological polar surface area (TPSA) is 0 Å². The number of aryl methyl sites for hydroxylation is 1. The smallest absolute Gasteiger partial charge is 0.0132 e. The van der Waals surface area contributed by atoms with Crippen LogP contribution in [0.15, 0.2) is 35.9 Å². The summed E-state index contributed by atoms with van der Waals surface area (Å²) in [6, 6.07) is 9.21. The molecule has 0 nitrogen and oxygen atoms in total. The standard InChI is InChI=1S/C20H32/c1-16(2)8-7-9-17(3)10-11-18-12-14-19(15-13-18)20(4,5)6/h8,12-15,17H,7,9-11H2,1-6H3. The molecule has 0 bridgehead atoms. The minimum absolute atomic E-state index is 0.260. The second kappa shape index (κ2) is 7.67. The van der Waals surface area contributed by atoms with Crippen molar-refractivity contribution in [3.63, 3.8) is 0 Å². The third-order valence-corrected chi connectivity index (χ3v) is 3.96. The van der Waals surface area contributed by atoms with Gasteiger partial charge < -0.3 is 0 Å². The van der Waals surface area contributed by atoms with E-state index in [4.69, 9.17) is 0 Å². The van der Waals surface area contributed by atoms with E-state index in [0.717, 1.165) is 5.92 Å². The summed E-state index contributed by atoms with van der Waals surface area (Å²) in [5, 5.41) is 0. The first-order valence-corrected chi connectivity index (χ1v) is 8.02. The van der Waals surface area contributed by atoms with Crippen molar-refractivity contribution in [2.45, 2.75) is 72.6 Å². The van der Waals surface area contributed by atoms with Gasteiger partial charge in [-0.05, 0) is 62.0 Å². The van der Waals surface area contributed by atoms with Crippen LogP contribution in [0.4, 0.5) is 0 Å². The van der Waals surface area contributed by atoms with E-state index >= 15 is 0 Å². The fourth-order valence-corrected chi connectivity index (χ4v) is 2.39. The minimum atomic E-state index is 0.260. The van der Waals surface area contributed by atoms with E-state index in [1.165, 1.54) is 42.4 Å². The molecule has 1 unspecified atom stereocenters. The van der Waals surface area contributed by atoms with Crippen molar-refractivity contribution in [3.8, 4) is 0 Å². The highest BCUT2D eigenvalue weighted by atomic mass is 14.2. The molecule has 0 amide bonds. The molecular formula is C20H32. The summed E-state index contributed by atoms with van der Waals surface area (Å²) in [6.45, 7) is 13.6. The second-order valence-corrected chi connectivity index (χ2v) is 7.45. The quantitative estimate of drug-likeness (QED) is 0.533. The molecule has 0 saturated carbocycles. The van der Waals surface area contributed by atoms with Gasteiger partial charge in [-0.2, -0.15) is 0 Å². The van der Waals surface area contributed by atoms with Gasteiger partial charge in [0.15, 0.2) is 0 Å². The Morgan fingerprint density at radius 2 is 1.65 bits per heavy atom. The summed E-state index contributed by atoms with van der Waals surface area (Å²) in [5.41, 5.74) is 4.61. The lowest BCUT2D eigenvalue weighted by Crippen LogP contribution is -2.10. The highest BCUT2D eigenvalue weighted by Crippen LogP contribution is 2.23. The first-order chi connectivity index (χ1) is 9.29. The van der Waals surface area contributed by atoms with Crippen LogP contribution in [0.5, 0.6) is 0 Å². The maximum Gasteiger partial charge on any atom is -0.0132 e. The fraction of sp³-hybridized carbons (Fsp3) is 0.600. The van der Waals surface area contributed by atoms with Gasteiger partial charge in [-0.1, -0.05) is 63.6 Å². The highest BCUT2D eigenvalue weighted by Gasteiger charge is 2.12. The lowest BCUT2D eigenvalue weighted by molar-refractivity contribution is 0.496. The molecule has 1 aromatic carbocycles. The molecule has 0 saturated heterocycles. The molecular weight excluding hydrogens is 240 g/mol. The molecule has 1 aromatic rings. The van der Waals surface area contributed by atoms with Crippen LogP contribution in [0.1, 0.15) is 71.9 Å². The molecule has 1 atom stereocenters. The third-order valence-electron chi connectivity index (χ3n) is 3.96. The lowest BCUT2D eigenvalue weighted by atomic mass is 9.86. The number of allylic oxidation sites excluding steroid dienone is 2. The fourth-order valence-electron chi connectivity index (χ4n) is 2.39. The Bertz CT molecular complexity index is 410. The van der Waals surface area contributed by atoms with Crippen molar-refractivity contribution in [2.75, 3.05) is 0 Å². The van der Waals surface area contributed by atoms with E-state index in [0.29, 0.717) is 0 Å². The van der Waals surface area contributed by atoms with E-state index in [-0.39, 0.29) is 5.41 Å². The molecule has 0 aliphatic carbocycles. The van der Waals surface area contributed by atoms with E-state index < -0.39 is 0 Å². The van der Waals surface area contributed by atoms with Crippen LogP contribution in [0.2, 0.25) is 0 Å². The zero-order valence-corrected chi connectivity index (χ0v) is 14.3. The Balaban J connectivity index is 2.40. The van der Waals surface area contributed by atoms with Crippen molar-refractivity contribution < 1.29 is 0 Å². The van der Waals surface area contributed by atoms with Crippen molar-refractivity contribution in [1.29, 1.82) is 0 Å². The van der Waals surface area contributed by atoms with E-state index in [1.807, 2.05) is 0 Å². The number of hydrogen-bond donors (Lipinski definition) is 0. The first-order valence-electron chi connectivity index (χ1n) is 8.02. The zero-order valence-electron chi connectivity index (χ0n) is 14.3. The van der Waals surface area contributed by atoms with Gasteiger partial charge in [-0.15, -0.1) is 0 Å². The first kappa shape index (κ1) is 17.0. The van der Waals surface area contributed by atoms with E-state index in [1.54, 1.807) is 0 Å². The van der Waals surface area contributed by atoms with Gasteiger partial charge in [-0.25, -0.2) is 0 Å². The Labute approximate surface area is 126 Å². The molecule has 1 rings (SSSR count). The summed E-state index contributed by atoms with van der Waals surface area (Å²) < 4.78 is 0.